The van der Waals surface area contributed by atoms with Crippen LogP contribution in [0.15, 0.2) is 66.4 Å². The summed E-state index contributed by atoms with van der Waals surface area (Å²) in [5, 5.41) is 10.9. The summed E-state index contributed by atoms with van der Waals surface area (Å²) in [6, 6.07) is 10.5. The highest BCUT2D eigenvalue weighted by molar-refractivity contribution is 6.30. The molecule has 1 aromatic carbocycles. The molecule has 0 radical (unpaired) electrons. The van der Waals surface area contributed by atoms with E-state index in [2.05, 4.69) is 25.7 Å². The highest BCUT2D eigenvalue weighted by Crippen LogP contribution is 2.35. The first kappa shape index (κ1) is 16.3. The standard InChI is InChI=1S/C18H15ClN6O/c1-11-15(17(26)24-14-3-2-8-20-9-14)16(12-4-6-13(19)7-5-12)25-18(23-11)21-10-22-25/h2-10,16H,1H3,(H,24,26)(H,21,22,23). The van der Waals surface area contributed by atoms with Gasteiger partial charge in [0, 0.05) is 16.9 Å². The molecule has 1 atom stereocenters. The normalized spacial score (nSPS) is 16.0. The van der Waals surface area contributed by atoms with Crippen molar-refractivity contribution in [3.8, 4) is 0 Å². The molecule has 8 heteroatoms. The van der Waals surface area contributed by atoms with E-state index in [4.69, 9.17) is 11.6 Å². The molecule has 1 aliphatic rings. The Labute approximate surface area is 154 Å². The van der Waals surface area contributed by atoms with Crippen molar-refractivity contribution in [1.29, 1.82) is 0 Å². The number of nitrogens with one attached hydrogen (secondary N) is 2. The number of aromatic nitrogens is 4. The lowest BCUT2D eigenvalue weighted by molar-refractivity contribution is -0.113. The molecule has 0 spiro atoms. The van der Waals surface area contributed by atoms with Crippen molar-refractivity contribution in [2.45, 2.75) is 13.0 Å². The van der Waals surface area contributed by atoms with E-state index in [0.717, 1.165) is 5.56 Å². The number of carbonyl (C=O) groups is 1. The Morgan fingerprint density at radius 2 is 2.08 bits per heavy atom. The summed E-state index contributed by atoms with van der Waals surface area (Å²) in [4.78, 5) is 21.3. The van der Waals surface area contributed by atoms with Gasteiger partial charge < -0.3 is 10.6 Å². The summed E-state index contributed by atoms with van der Waals surface area (Å²) in [6.07, 6.45) is 4.71. The fraction of sp³-hybridized carbons (Fsp3) is 0.111. The Bertz CT molecular complexity index is 980. The fourth-order valence-corrected chi connectivity index (χ4v) is 3.10. The number of benzene rings is 1. The van der Waals surface area contributed by atoms with Gasteiger partial charge in [-0.3, -0.25) is 9.78 Å². The van der Waals surface area contributed by atoms with Crippen molar-refractivity contribution in [3.05, 3.63) is 77.0 Å². The molecule has 1 amide bonds. The quantitative estimate of drug-likeness (QED) is 0.743. The molecule has 0 aliphatic carbocycles. The first-order chi connectivity index (χ1) is 12.6. The number of fused-ring (bicyclic) bond motifs is 1. The lowest BCUT2D eigenvalue weighted by atomic mass is 9.95. The number of rotatable bonds is 3. The maximum absolute atomic E-state index is 13.0. The van der Waals surface area contributed by atoms with E-state index in [9.17, 15) is 4.79 Å². The Morgan fingerprint density at radius 3 is 2.81 bits per heavy atom. The zero-order valence-corrected chi connectivity index (χ0v) is 14.6. The van der Waals surface area contributed by atoms with Gasteiger partial charge in [-0.25, -0.2) is 4.68 Å². The van der Waals surface area contributed by atoms with E-state index >= 15 is 0 Å². The smallest absolute Gasteiger partial charge is 0.255 e. The predicted octanol–water partition coefficient (Wildman–Crippen LogP) is 3.25. The monoisotopic (exact) mass is 366 g/mol. The van der Waals surface area contributed by atoms with Gasteiger partial charge in [-0.1, -0.05) is 23.7 Å². The van der Waals surface area contributed by atoms with Gasteiger partial charge >= 0.3 is 0 Å². The van der Waals surface area contributed by atoms with Crippen LogP contribution in [0.5, 0.6) is 0 Å². The lowest BCUT2D eigenvalue weighted by Gasteiger charge is -2.28. The Morgan fingerprint density at radius 1 is 1.27 bits per heavy atom. The second-order valence-electron chi connectivity index (χ2n) is 5.84. The van der Waals surface area contributed by atoms with Gasteiger partial charge in [0.05, 0.1) is 17.5 Å². The number of hydrogen-bond acceptors (Lipinski definition) is 5. The van der Waals surface area contributed by atoms with Crippen LogP contribution >= 0.6 is 11.6 Å². The van der Waals surface area contributed by atoms with Crippen LogP contribution in [0, 0.1) is 0 Å². The molecule has 26 heavy (non-hydrogen) atoms. The third-order valence-electron chi connectivity index (χ3n) is 4.14. The van der Waals surface area contributed by atoms with Crippen molar-refractivity contribution in [2.24, 2.45) is 0 Å². The van der Waals surface area contributed by atoms with E-state index in [-0.39, 0.29) is 5.91 Å². The van der Waals surface area contributed by atoms with Gasteiger partial charge in [0.25, 0.3) is 5.91 Å². The van der Waals surface area contributed by atoms with Gasteiger partial charge in [0.2, 0.25) is 5.95 Å². The van der Waals surface area contributed by atoms with Crippen molar-refractivity contribution < 1.29 is 4.79 Å². The molecule has 1 aliphatic heterocycles. The van der Waals surface area contributed by atoms with Gasteiger partial charge in [0.15, 0.2) is 0 Å². The number of hydrogen-bond donors (Lipinski definition) is 2. The molecular weight excluding hydrogens is 352 g/mol. The van der Waals surface area contributed by atoms with E-state index in [1.807, 2.05) is 19.1 Å². The molecule has 130 valence electrons. The molecule has 2 aromatic heterocycles. The molecule has 3 aromatic rings. The number of amides is 1. The zero-order valence-electron chi connectivity index (χ0n) is 13.8. The predicted molar refractivity (Wildman–Crippen MR) is 98.8 cm³/mol. The number of allylic oxidation sites excluding steroid dienone is 1. The first-order valence-corrected chi connectivity index (χ1v) is 8.35. The number of halogens is 1. The third kappa shape index (κ3) is 2.93. The maximum atomic E-state index is 13.0. The molecule has 2 N–H and O–H groups in total. The van der Waals surface area contributed by atoms with Crippen LogP contribution in [-0.2, 0) is 4.79 Å². The second-order valence-corrected chi connectivity index (χ2v) is 6.28. The molecule has 3 heterocycles. The van der Waals surface area contributed by atoms with Crippen LogP contribution in [0.3, 0.4) is 0 Å². The molecule has 0 saturated carbocycles. The third-order valence-corrected chi connectivity index (χ3v) is 4.40. The van der Waals surface area contributed by atoms with Crippen molar-refractivity contribution in [1.82, 2.24) is 19.7 Å². The minimum Gasteiger partial charge on any atom is -0.328 e. The van der Waals surface area contributed by atoms with Crippen molar-refractivity contribution in [2.75, 3.05) is 10.6 Å². The van der Waals surface area contributed by atoms with Crippen LogP contribution in [-0.4, -0.2) is 25.7 Å². The Kier molecular flexibility index (Phi) is 4.14. The number of nitrogens with zero attached hydrogens (tertiary/aromatic N) is 4. The summed E-state index contributed by atoms with van der Waals surface area (Å²) in [5.74, 6) is 0.351. The largest absolute Gasteiger partial charge is 0.328 e. The van der Waals surface area contributed by atoms with E-state index in [1.165, 1.54) is 6.33 Å². The zero-order chi connectivity index (χ0) is 18.1. The Hall–Kier alpha value is -3.19. The molecule has 4 rings (SSSR count). The average Bonchev–Trinajstić information content (AvgIpc) is 3.10. The second kappa shape index (κ2) is 6.61. The van der Waals surface area contributed by atoms with E-state index in [0.29, 0.717) is 27.9 Å². The van der Waals surface area contributed by atoms with Gasteiger partial charge in [0.1, 0.15) is 12.4 Å². The highest BCUT2D eigenvalue weighted by Gasteiger charge is 2.33. The van der Waals surface area contributed by atoms with Crippen LogP contribution in [0.4, 0.5) is 11.6 Å². The molecule has 0 saturated heterocycles. The SMILES string of the molecule is CC1=C(C(=O)Nc2cccnc2)C(c2ccc(Cl)cc2)n2ncnc2N1. The van der Waals surface area contributed by atoms with Crippen LogP contribution < -0.4 is 10.6 Å². The van der Waals surface area contributed by atoms with Gasteiger partial charge in [-0.2, -0.15) is 10.1 Å². The molecular formula is C18H15ClN6O. The number of anilines is 2. The van der Waals surface area contributed by atoms with Gasteiger partial charge in [-0.05, 0) is 36.8 Å². The van der Waals surface area contributed by atoms with Gasteiger partial charge in [-0.15, -0.1) is 0 Å². The highest BCUT2D eigenvalue weighted by atomic mass is 35.5. The molecule has 0 bridgehead atoms. The topological polar surface area (TPSA) is 84.7 Å². The van der Waals surface area contributed by atoms with Crippen molar-refractivity contribution in [3.63, 3.8) is 0 Å². The molecule has 1 unspecified atom stereocenters. The van der Waals surface area contributed by atoms with Crippen molar-refractivity contribution >= 4 is 29.1 Å². The summed E-state index contributed by atoms with van der Waals surface area (Å²) >= 11 is 6.02. The number of pyridine rings is 1. The minimum absolute atomic E-state index is 0.232. The maximum Gasteiger partial charge on any atom is 0.255 e. The summed E-state index contributed by atoms with van der Waals surface area (Å²) in [7, 11) is 0. The lowest BCUT2D eigenvalue weighted by Crippen LogP contribution is -2.31. The summed E-state index contributed by atoms with van der Waals surface area (Å²) in [5.41, 5.74) is 2.77. The number of carbonyl (C=O) groups excluding carboxylic acids is 1. The van der Waals surface area contributed by atoms with Crippen LogP contribution in [0.25, 0.3) is 0 Å². The average molecular weight is 367 g/mol. The summed E-state index contributed by atoms with van der Waals surface area (Å²) < 4.78 is 1.69. The van der Waals surface area contributed by atoms with Crippen LogP contribution in [0.2, 0.25) is 5.02 Å². The Balaban J connectivity index is 1.77. The van der Waals surface area contributed by atoms with Crippen LogP contribution in [0.1, 0.15) is 18.5 Å². The molecule has 7 nitrogen and oxygen atoms in total. The fourth-order valence-electron chi connectivity index (χ4n) is 2.97. The summed E-state index contributed by atoms with van der Waals surface area (Å²) in [6.45, 7) is 1.85. The van der Waals surface area contributed by atoms with E-state index < -0.39 is 6.04 Å². The van der Waals surface area contributed by atoms with E-state index in [1.54, 1.807) is 41.3 Å². The minimum atomic E-state index is -0.414. The first-order valence-electron chi connectivity index (χ1n) is 7.97. The molecule has 0 fully saturated rings.